The van der Waals surface area contributed by atoms with Gasteiger partial charge in [-0.3, -0.25) is 28.8 Å². The van der Waals surface area contributed by atoms with Crippen molar-refractivity contribution in [3.05, 3.63) is 0 Å². The van der Waals surface area contributed by atoms with E-state index in [1.54, 1.807) is 0 Å². The molecular formula is C18H25NO11. The minimum absolute atomic E-state index is 0.608. The van der Waals surface area contributed by atoms with Crippen LogP contribution in [0.15, 0.2) is 0 Å². The maximum Gasteiger partial charge on any atom is 0.303 e. The Morgan fingerprint density at radius 1 is 0.467 bits per heavy atom. The molecule has 1 saturated carbocycles. The van der Waals surface area contributed by atoms with E-state index in [1.807, 2.05) is 0 Å². The standard InChI is InChI=1S/C18H25NO11/c1-7(20)19-13-14(26-8(2)21)16(28-10(4)23)18(30-12(6)25)17(29-11(5)24)15(13)27-9(3)22/h13-18H,1-6H3,(H,19,20)/t13?,14-,15-,16-,17+,18?/m1/s1. The Balaban J connectivity index is 3.66. The molecule has 0 heterocycles. The van der Waals surface area contributed by atoms with Gasteiger partial charge in [0.2, 0.25) is 5.91 Å². The number of carbonyl (C=O) groups is 6. The van der Waals surface area contributed by atoms with Gasteiger partial charge in [-0.25, -0.2) is 0 Å². The Bertz CT molecular complexity index is 552. The van der Waals surface area contributed by atoms with Gasteiger partial charge in [-0.2, -0.15) is 0 Å². The molecule has 0 aromatic carbocycles. The number of carbonyl (C=O) groups excluding carboxylic acids is 6. The molecule has 0 saturated heterocycles. The Morgan fingerprint density at radius 3 is 0.933 bits per heavy atom. The van der Waals surface area contributed by atoms with Gasteiger partial charge in [-0.05, 0) is 0 Å². The van der Waals surface area contributed by atoms with E-state index in [4.69, 9.17) is 23.7 Å². The molecule has 6 atom stereocenters. The van der Waals surface area contributed by atoms with Crippen molar-refractivity contribution < 1.29 is 52.5 Å². The number of amides is 1. The average molecular weight is 431 g/mol. The summed E-state index contributed by atoms with van der Waals surface area (Å²) in [5.74, 6) is -4.74. The van der Waals surface area contributed by atoms with Crippen molar-refractivity contribution in [1.29, 1.82) is 0 Å². The molecule has 12 nitrogen and oxygen atoms in total. The first kappa shape index (κ1) is 24.9. The number of rotatable bonds is 6. The summed E-state index contributed by atoms with van der Waals surface area (Å²) in [5.41, 5.74) is 0. The molecular weight excluding hydrogens is 406 g/mol. The van der Waals surface area contributed by atoms with Crippen molar-refractivity contribution >= 4 is 35.8 Å². The number of hydrogen-bond acceptors (Lipinski definition) is 11. The Labute approximate surface area is 172 Å². The highest BCUT2D eigenvalue weighted by Gasteiger charge is 2.59. The zero-order valence-corrected chi connectivity index (χ0v) is 17.5. The van der Waals surface area contributed by atoms with Gasteiger partial charge in [-0.1, -0.05) is 0 Å². The van der Waals surface area contributed by atoms with Crippen LogP contribution in [0.5, 0.6) is 0 Å². The minimum atomic E-state index is -1.51. The highest BCUT2D eigenvalue weighted by molar-refractivity contribution is 5.74. The second kappa shape index (κ2) is 10.6. The SMILES string of the molecule is CC(=O)NC1[C@@H](OC(C)=O)[C@H](OC(C)=O)C(OC(C)=O)[C@H](OC(C)=O)[C@@H]1OC(C)=O. The molecule has 12 heteroatoms. The van der Waals surface area contributed by atoms with Crippen LogP contribution in [0.3, 0.4) is 0 Å². The first-order valence-corrected chi connectivity index (χ1v) is 8.96. The first-order chi connectivity index (χ1) is 13.8. The zero-order valence-electron chi connectivity index (χ0n) is 17.5. The van der Waals surface area contributed by atoms with Crippen LogP contribution in [-0.2, 0) is 52.5 Å². The number of hydrogen-bond donors (Lipinski definition) is 1. The maximum absolute atomic E-state index is 11.8. The van der Waals surface area contributed by atoms with Gasteiger partial charge < -0.3 is 29.0 Å². The van der Waals surface area contributed by atoms with E-state index in [-0.39, 0.29) is 0 Å². The number of esters is 5. The van der Waals surface area contributed by atoms with E-state index in [1.165, 1.54) is 0 Å². The van der Waals surface area contributed by atoms with Crippen molar-refractivity contribution in [1.82, 2.24) is 5.32 Å². The molecule has 2 unspecified atom stereocenters. The Kier molecular flexibility index (Phi) is 8.75. The topological polar surface area (TPSA) is 161 Å². The van der Waals surface area contributed by atoms with E-state index < -0.39 is 72.3 Å². The van der Waals surface area contributed by atoms with Gasteiger partial charge in [0.1, 0.15) is 6.04 Å². The summed E-state index contributed by atoms with van der Waals surface area (Å²) in [5, 5.41) is 2.46. The fourth-order valence-electron chi connectivity index (χ4n) is 3.20. The van der Waals surface area contributed by atoms with Crippen LogP contribution in [0.25, 0.3) is 0 Å². The van der Waals surface area contributed by atoms with Crippen LogP contribution in [-0.4, -0.2) is 72.3 Å². The van der Waals surface area contributed by atoms with Crippen LogP contribution in [0.2, 0.25) is 0 Å². The molecule has 0 bridgehead atoms. The fraction of sp³-hybridized carbons (Fsp3) is 0.667. The largest absolute Gasteiger partial charge is 0.456 e. The van der Waals surface area contributed by atoms with Gasteiger partial charge in [-0.15, -0.1) is 0 Å². The van der Waals surface area contributed by atoms with Crippen LogP contribution in [0, 0.1) is 0 Å². The smallest absolute Gasteiger partial charge is 0.303 e. The van der Waals surface area contributed by atoms with Crippen LogP contribution in [0.4, 0.5) is 0 Å². The molecule has 1 rings (SSSR count). The summed E-state index contributed by atoms with van der Waals surface area (Å²) in [6, 6.07) is -1.30. The molecule has 0 aromatic heterocycles. The second-order valence-corrected chi connectivity index (χ2v) is 6.60. The molecule has 0 radical (unpaired) electrons. The fourth-order valence-corrected chi connectivity index (χ4v) is 3.20. The normalized spacial score (nSPS) is 27.8. The van der Waals surface area contributed by atoms with Gasteiger partial charge in [0.25, 0.3) is 0 Å². The highest BCUT2D eigenvalue weighted by Crippen LogP contribution is 2.33. The lowest BCUT2D eigenvalue weighted by Crippen LogP contribution is -2.71. The molecule has 0 aromatic rings. The van der Waals surface area contributed by atoms with Gasteiger partial charge >= 0.3 is 29.8 Å². The summed E-state index contributed by atoms with van der Waals surface area (Å²) in [4.78, 5) is 70.3. The van der Waals surface area contributed by atoms with E-state index in [2.05, 4.69) is 5.32 Å². The van der Waals surface area contributed by atoms with E-state index >= 15 is 0 Å². The van der Waals surface area contributed by atoms with Crippen molar-refractivity contribution in [3.63, 3.8) is 0 Å². The summed E-state index contributed by atoms with van der Waals surface area (Å²) < 4.78 is 26.1. The third-order valence-corrected chi connectivity index (χ3v) is 3.88. The summed E-state index contributed by atoms with van der Waals surface area (Å²) in [6.45, 7) is 6.45. The highest BCUT2D eigenvalue weighted by atomic mass is 16.6. The summed E-state index contributed by atoms with van der Waals surface area (Å²) in [7, 11) is 0. The van der Waals surface area contributed by atoms with Crippen LogP contribution < -0.4 is 5.32 Å². The lowest BCUT2D eigenvalue weighted by molar-refractivity contribution is -0.237. The molecule has 1 aliphatic carbocycles. The predicted molar refractivity (Wildman–Crippen MR) is 95.4 cm³/mol. The molecule has 0 spiro atoms. The average Bonchev–Trinajstić information content (AvgIpc) is 2.55. The Hall–Kier alpha value is -3.18. The quantitative estimate of drug-likeness (QED) is 0.412. The molecule has 1 amide bonds. The van der Waals surface area contributed by atoms with E-state index in [9.17, 15) is 28.8 Å². The Morgan fingerprint density at radius 2 is 0.700 bits per heavy atom. The summed E-state index contributed by atoms with van der Waals surface area (Å²) >= 11 is 0. The maximum atomic E-state index is 11.8. The predicted octanol–water partition coefficient (Wildman–Crippen LogP) is -0.837. The minimum Gasteiger partial charge on any atom is -0.456 e. The van der Waals surface area contributed by atoms with Crippen molar-refractivity contribution in [2.24, 2.45) is 0 Å². The first-order valence-electron chi connectivity index (χ1n) is 8.96. The number of nitrogens with one attached hydrogen (secondary N) is 1. The third-order valence-electron chi connectivity index (χ3n) is 3.88. The van der Waals surface area contributed by atoms with Crippen molar-refractivity contribution in [2.45, 2.75) is 78.1 Å². The van der Waals surface area contributed by atoms with Crippen molar-refractivity contribution in [2.75, 3.05) is 0 Å². The van der Waals surface area contributed by atoms with Crippen LogP contribution in [0.1, 0.15) is 41.5 Å². The lowest BCUT2D eigenvalue weighted by Gasteiger charge is -2.47. The molecule has 1 fully saturated rings. The zero-order chi connectivity index (χ0) is 23.2. The molecule has 1 N–H and O–H groups in total. The monoisotopic (exact) mass is 431 g/mol. The molecule has 0 aliphatic heterocycles. The van der Waals surface area contributed by atoms with E-state index in [0.717, 1.165) is 41.5 Å². The molecule has 168 valence electrons. The second-order valence-electron chi connectivity index (χ2n) is 6.60. The van der Waals surface area contributed by atoms with E-state index in [0.29, 0.717) is 0 Å². The lowest BCUT2D eigenvalue weighted by atomic mass is 9.82. The number of ether oxygens (including phenoxy) is 5. The van der Waals surface area contributed by atoms with Gasteiger partial charge in [0.05, 0.1) is 0 Å². The van der Waals surface area contributed by atoms with Crippen molar-refractivity contribution in [3.8, 4) is 0 Å². The molecule has 30 heavy (non-hydrogen) atoms. The van der Waals surface area contributed by atoms with Crippen LogP contribution >= 0.6 is 0 Å². The van der Waals surface area contributed by atoms with Gasteiger partial charge in [0, 0.05) is 41.5 Å². The third kappa shape index (κ3) is 7.01. The molecule has 1 aliphatic rings. The van der Waals surface area contributed by atoms with Gasteiger partial charge in [0.15, 0.2) is 30.5 Å². The summed E-state index contributed by atoms with van der Waals surface area (Å²) in [6.07, 6.45) is -7.34.